The van der Waals surface area contributed by atoms with Crippen LogP contribution in [-0.4, -0.2) is 42.4 Å². The Labute approximate surface area is 172 Å². The van der Waals surface area contributed by atoms with Gasteiger partial charge in [0.1, 0.15) is 5.82 Å². The van der Waals surface area contributed by atoms with E-state index in [9.17, 15) is 9.18 Å². The Morgan fingerprint density at radius 2 is 2.00 bits per heavy atom. The minimum absolute atomic E-state index is 0. The first-order valence-corrected chi connectivity index (χ1v) is 9.20. The molecule has 0 aliphatic carbocycles. The van der Waals surface area contributed by atoms with E-state index in [4.69, 9.17) is 0 Å². The maximum Gasteiger partial charge on any atom is 0.222 e. The van der Waals surface area contributed by atoms with Crippen LogP contribution >= 0.6 is 24.0 Å². The fourth-order valence-electron chi connectivity index (χ4n) is 3.09. The Hall–Kier alpha value is -1.38. The molecule has 1 aromatic rings. The number of benzene rings is 1. The summed E-state index contributed by atoms with van der Waals surface area (Å²) in [4.78, 5) is 18.5. The third kappa shape index (κ3) is 7.09. The van der Waals surface area contributed by atoms with E-state index in [1.54, 1.807) is 12.1 Å². The monoisotopic (exact) mass is 476 g/mol. The van der Waals surface area contributed by atoms with Crippen LogP contribution in [0.3, 0.4) is 0 Å². The SMILES string of the molecule is CCNC(=NCc1ccc(F)cc1)NCCC(CC)N1CCCC1=O.I. The van der Waals surface area contributed by atoms with E-state index in [1.165, 1.54) is 12.1 Å². The van der Waals surface area contributed by atoms with Gasteiger partial charge in [-0.2, -0.15) is 0 Å². The highest BCUT2D eigenvalue weighted by atomic mass is 127. The van der Waals surface area contributed by atoms with Crippen LogP contribution in [0.25, 0.3) is 0 Å². The van der Waals surface area contributed by atoms with Gasteiger partial charge in [-0.15, -0.1) is 24.0 Å². The van der Waals surface area contributed by atoms with Crippen LogP contribution in [0, 0.1) is 5.82 Å². The summed E-state index contributed by atoms with van der Waals surface area (Å²) < 4.78 is 12.9. The molecule has 1 saturated heterocycles. The molecule has 5 nitrogen and oxygen atoms in total. The molecule has 0 aromatic heterocycles. The number of nitrogens with one attached hydrogen (secondary N) is 2. The van der Waals surface area contributed by atoms with Gasteiger partial charge in [-0.3, -0.25) is 4.79 Å². The molecule has 1 heterocycles. The zero-order chi connectivity index (χ0) is 18.1. The molecule has 1 aromatic carbocycles. The van der Waals surface area contributed by atoms with Crippen molar-refractivity contribution >= 4 is 35.8 Å². The maximum atomic E-state index is 12.9. The lowest BCUT2D eigenvalue weighted by molar-refractivity contribution is -0.129. The summed E-state index contributed by atoms with van der Waals surface area (Å²) in [6.45, 7) is 7.07. The fraction of sp³-hybridized carbons (Fsp3) is 0.579. The van der Waals surface area contributed by atoms with Crippen molar-refractivity contribution in [2.45, 2.75) is 52.1 Å². The normalized spacial score (nSPS) is 15.6. The number of carbonyl (C=O) groups excluding carboxylic acids is 1. The number of guanidine groups is 1. The Morgan fingerprint density at radius 1 is 1.27 bits per heavy atom. The number of carbonyl (C=O) groups is 1. The summed E-state index contributed by atoms with van der Waals surface area (Å²) in [5, 5.41) is 6.55. The molecule has 0 radical (unpaired) electrons. The van der Waals surface area contributed by atoms with Crippen molar-refractivity contribution in [3.05, 3.63) is 35.6 Å². The molecule has 146 valence electrons. The zero-order valence-electron chi connectivity index (χ0n) is 15.6. The largest absolute Gasteiger partial charge is 0.357 e. The van der Waals surface area contributed by atoms with Crippen LogP contribution in [0.4, 0.5) is 4.39 Å². The Balaban J connectivity index is 0.00000338. The molecule has 0 bridgehead atoms. The third-order valence-electron chi connectivity index (χ3n) is 4.47. The molecule has 0 saturated carbocycles. The highest BCUT2D eigenvalue weighted by molar-refractivity contribution is 14.0. The number of likely N-dealkylation sites (tertiary alicyclic amines) is 1. The van der Waals surface area contributed by atoms with Crippen LogP contribution in [-0.2, 0) is 11.3 Å². The van der Waals surface area contributed by atoms with Gasteiger partial charge in [0.25, 0.3) is 0 Å². The van der Waals surface area contributed by atoms with Gasteiger partial charge in [0, 0.05) is 32.1 Å². The van der Waals surface area contributed by atoms with Gasteiger partial charge in [-0.25, -0.2) is 9.38 Å². The van der Waals surface area contributed by atoms with Crippen LogP contribution in [0.15, 0.2) is 29.3 Å². The van der Waals surface area contributed by atoms with Crippen molar-refractivity contribution in [3.63, 3.8) is 0 Å². The predicted octanol–water partition coefficient (Wildman–Crippen LogP) is 3.29. The average molecular weight is 476 g/mol. The Morgan fingerprint density at radius 3 is 2.58 bits per heavy atom. The van der Waals surface area contributed by atoms with Crippen LogP contribution in [0.1, 0.15) is 45.1 Å². The van der Waals surface area contributed by atoms with Crippen molar-refractivity contribution in [2.24, 2.45) is 4.99 Å². The van der Waals surface area contributed by atoms with Crippen LogP contribution in [0.5, 0.6) is 0 Å². The van der Waals surface area contributed by atoms with E-state index >= 15 is 0 Å². The number of rotatable bonds is 8. The number of amides is 1. The van der Waals surface area contributed by atoms with Crippen molar-refractivity contribution in [3.8, 4) is 0 Å². The van der Waals surface area contributed by atoms with Gasteiger partial charge < -0.3 is 15.5 Å². The van der Waals surface area contributed by atoms with Crippen molar-refractivity contribution in [2.75, 3.05) is 19.6 Å². The highest BCUT2D eigenvalue weighted by Gasteiger charge is 2.26. The van der Waals surface area contributed by atoms with E-state index in [2.05, 4.69) is 22.5 Å². The van der Waals surface area contributed by atoms with Gasteiger partial charge in [-0.1, -0.05) is 19.1 Å². The van der Waals surface area contributed by atoms with Crippen LogP contribution in [0.2, 0.25) is 0 Å². The maximum absolute atomic E-state index is 12.9. The summed E-state index contributed by atoms with van der Waals surface area (Å²) in [7, 11) is 0. The van der Waals surface area contributed by atoms with Gasteiger partial charge in [0.05, 0.1) is 6.54 Å². The number of aliphatic imine (C=N–C) groups is 1. The second-order valence-electron chi connectivity index (χ2n) is 6.29. The number of halogens is 2. The first kappa shape index (κ1) is 22.7. The second kappa shape index (κ2) is 12.1. The lowest BCUT2D eigenvalue weighted by Crippen LogP contribution is -2.42. The zero-order valence-corrected chi connectivity index (χ0v) is 18.0. The second-order valence-corrected chi connectivity index (χ2v) is 6.29. The number of nitrogens with zero attached hydrogens (tertiary/aromatic N) is 2. The topological polar surface area (TPSA) is 56.7 Å². The molecule has 1 aliphatic rings. The first-order chi connectivity index (χ1) is 12.1. The summed E-state index contributed by atoms with van der Waals surface area (Å²) >= 11 is 0. The molecule has 1 amide bonds. The lowest BCUT2D eigenvalue weighted by Gasteiger charge is -2.27. The fourth-order valence-corrected chi connectivity index (χ4v) is 3.09. The molecule has 1 fully saturated rings. The number of hydrogen-bond acceptors (Lipinski definition) is 2. The van der Waals surface area contributed by atoms with Gasteiger partial charge in [0.15, 0.2) is 5.96 Å². The van der Waals surface area contributed by atoms with Gasteiger partial charge in [0.2, 0.25) is 5.91 Å². The summed E-state index contributed by atoms with van der Waals surface area (Å²) in [6.07, 6.45) is 3.54. The molecule has 1 atom stereocenters. The quantitative estimate of drug-likeness (QED) is 0.344. The highest BCUT2D eigenvalue weighted by Crippen LogP contribution is 2.17. The van der Waals surface area contributed by atoms with Crippen molar-refractivity contribution < 1.29 is 9.18 Å². The van der Waals surface area contributed by atoms with E-state index in [1.807, 2.05) is 11.8 Å². The Kier molecular flexibility index (Phi) is 10.5. The van der Waals surface area contributed by atoms with Crippen LogP contribution < -0.4 is 10.6 Å². The summed E-state index contributed by atoms with van der Waals surface area (Å²) in [5.41, 5.74) is 0.965. The molecule has 1 aliphatic heterocycles. The average Bonchev–Trinajstić information content (AvgIpc) is 3.04. The van der Waals surface area contributed by atoms with Gasteiger partial charge in [-0.05, 0) is 43.9 Å². The third-order valence-corrected chi connectivity index (χ3v) is 4.47. The molecule has 2 N–H and O–H groups in total. The lowest BCUT2D eigenvalue weighted by atomic mass is 10.1. The molecule has 2 rings (SSSR count). The molecule has 26 heavy (non-hydrogen) atoms. The van der Waals surface area contributed by atoms with E-state index in [-0.39, 0.29) is 35.7 Å². The van der Waals surface area contributed by atoms with Gasteiger partial charge >= 0.3 is 0 Å². The predicted molar refractivity (Wildman–Crippen MR) is 114 cm³/mol. The minimum Gasteiger partial charge on any atom is -0.357 e. The van der Waals surface area contributed by atoms with Crippen molar-refractivity contribution in [1.29, 1.82) is 0 Å². The molecule has 7 heteroatoms. The summed E-state index contributed by atoms with van der Waals surface area (Å²) in [6, 6.07) is 6.68. The van der Waals surface area contributed by atoms with E-state index < -0.39 is 0 Å². The molecule has 0 spiro atoms. The standard InChI is InChI=1S/C19H29FN4O.HI/c1-3-17(24-13-5-6-18(24)25)11-12-22-19(21-4-2)23-14-15-7-9-16(20)10-8-15;/h7-10,17H,3-6,11-14H2,1-2H3,(H2,21,22,23);1H. The minimum atomic E-state index is -0.236. The van der Waals surface area contributed by atoms with Crippen molar-refractivity contribution in [1.82, 2.24) is 15.5 Å². The first-order valence-electron chi connectivity index (χ1n) is 9.20. The smallest absolute Gasteiger partial charge is 0.222 e. The summed E-state index contributed by atoms with van der Waals surface area (Å²) in [5.74, 6) is 0.790. The van der Waals surface area contributed by atoms with E-state index in [0.717, 1.165) is 50.4 Å². The number of hydrogen-bond donors (Lipinski definition) is 2. The molecular formula is C19H30FIN4O. The molecule has 1 unspecified atom stereocenters. The molecular weight excluding hydrogens is 446 g/mol. The Bertz CT molecular complexity index is 579. The van der Waals surface area contributed by atoms with E-state index in [0.29, 0.717) is 19.0 Å².